The molecule has 1 unspecified atom stereocenters. The molecule has 3 rings (SSSR count). The fourth-order valence-electron chi connectivity index (χ4n) is 3.64. The molecule has 126 valence electrons. The van der Waals surface area contributed by atoms with Gasteiger partial charge in [0.05, 0.1) is 0 Å². The summed E-state index contributed by atoms with van der Waals surface area (Å²) in [5.41, 5.74) is 0. The van der Waals surface area contributed by atoms with Gasteiger partial charge < -0.3 is 9.47 Å². The van der Waals surface area contributed by atoms with Crippen LogP contribution in [-0.2, 0) is 13.0 Å². The van der Waals surface area contributed by atoms with E-state index in [0.717, 1.165) is 30.2 Å². The van der Waals surface area contributed by atoms with Gasteiger partial charge in [-0.25, -0.2) is 4.98 Å². The summed E-state index contributed by atoms with van der Waals surface area (Å²) < 4.78 is 2.28. The number of fused-ring (bicyclic) bond motifs is 1. The molecule has 3 heteroatoms. The number of likely N-dealkylation sites (tertiary alicyclic amines) is 1. The molecule has 0 saturated carbocycles. The monoisotopic (exact) mass is 305 g/mol. The van der Waals surface area contributed by atoms with Crippen molar-refractivity contribution in [1.82, 2.24) is 14.5 Å². The first kappa shape index (κ1) is 17.5. The average molecular weight is 306 g/mol. The summed E-state index contributed by atoms with van der Waals surface area (Å²) in [6.07, 6.45) is 9.32. The van der Waals surface area contributed by atoms with Crippen LogP contribution < -0.4 is 0 Å². The Labute approximate surface area is 137 Å². The van der Waals surface area contributed by atoms with Gasteiger partial charge in [0, 0.05) is 25.4 Å². The van der Waals surface area contributed by atoms with Gasteiger partial charge in [-0.05, 0) is 63.1 Å². The molecule has 0 radical (unpaired) electrons. The lowest BCUT2D eigenvalue weighted by atomic mass is 9.87. The Bertz CT molecular complexity index is 428. The van der Waals surface area contributed by atoms with Gasteiger partial charge in [-0.1, -0.05) is 27.7 Å². The number of hydrogen-bond donors (Lipinski definition) is 0. The molecular weight excluding hydrogens is 270 g/mol. The van der Waals surface area contributed by atoms with Crippen molar-refractivity contribution < 1.29 is 0 Å². The van der Waals surface area contributed by atoms with Crippen LogP contribution in [0.1, 0.15) is 52.8 Å². The molecule has 3 heterocycles. The Morgan fingerprint density at radius 3 is 2.14 bits per heavy atom. The number of nitrogens with zero attached hydrogens (tertiary/aromatic N) is 3. The Morgan fingerprint density at radius 2 is 1.55 bits per heavy atom. The highest BCUT2D eigenvalue weighted by atomic mass is 15.1. The average Bonchev–Trinajstić information content (AvgIpc) is 2.95. The molecule has 0 aliphatic carbocycles. The standard InChI is InChI=1S/C10H16N2.C9H19N/c1-8(2)9-3-5-12-6-4-11-10(12)7-9;1-8(2)9-4-6-10(3)7-5-9/h4,6,8-9H,3,5,7H2,1-2H3;8-9H,4-7H2,1-3H3. The first-order valence-corrected chi connectivity index (χ1v) is 9.16. The van der Waals surface area contributed by atoms with Gasteiger partial charge in [-0.2, -0.15) is 0 Å². The summed E-state index contributed by atoms with van der Waals surface area (Å²) in [6, 6.07) is 0. The van der Waals surface area contributed by atoms with E-state index in [1.807, 2.05) is 6.20 Å². The van der Waals surface area contributed by atoms with Gasteiger partial charge in [0.15, 0.2) is 0 Å². The zero-order chi connectivity index (χ0) is 16.1. The van der Waals surface area contributed by atoms with Crippen molar-refractivity contribution in [3.63, 3.8) is 0 Å². The topological polar surface area (TPSA) is 21.1 Å². The zero-order valence-electron chi connectivity index (χ0n) is 15.3. The van der Waals surface area contributed by atoms with Gasteiger partial charge in [0.2, 0.25) is 0 Å². The number of piperidine rings is 1. The summed E-state index contributed by atoms with van der Waals surface area (Å²) in [5, 5.41) is 0. The molecule has 1 aromatic rings. The van der Waals surface area contributed by atoms with Crippen molar-refractivity contribution in [3.05, 3.63) is 18.2 Å². The molecule has 1 saturated heterocycles. The Balaban J connectivity index is 0.000000164. The van der Waals surface area contributed by atoms with Gasteiger partial charge in [-0.3, -0.25) is 0 Å². The van der Waals surface area contributed by atoms with Crippen LogP contribution in [0.3, 0.4) is 0 Å². The van der Waals surface area contributed by atoms with E-state index in [1.54, 1.807) is 0 Å². The maximum atomic E-state index is 4.35. The van der Waals surface area contributed by atoms with Gasteiger partial charge in [-0.15, -0.1) is 0 Å². The molecule has 3 nitrogen and oxygen atoms in total. The first-order valence-electron chi connectivity index (χ1n) is 9.16. The molecule has 0 aromatic carbocycles. The van der Waals surface area contributed by atoms with Crippen LogP contribution in [0.25, 0.3) is 0 Å². The van der Waals surface area contributed by atoms with Crippen molar-refractivity contribution in [3.8, 4) is 0 Å². The third-order valence-corrected chi connectivity index (χ3v) is 5.64. The predicted octanol–water partition coefficient (Wildman–Crippen LogP) is 4.09. The van der Waals surface area contributed by atoms with E-state index in [-0.39, 0.29) is 0 Å². The molecule has 1 atom stereocenters. The molecule has 1 aromatic heterocycles. The minimum atomic E-state index is 0.801. The zero-order valence-corrected chi connectivity index (χ0v) is 15.3. The lowest BCUT2D eigenvalue weighted by Gasteiger charge is -2.31. The molecule has 1 fully saturated rings. The highest BCUT2D eigenvalue weighted by Gasteiger charge is 2.21. The van der Waals surface area contributed by atoms with Crippen LogP contribution in [0.2, 0.25) is 0 Å². The van der Waals surface area contributed by atoms with Crippen molar-refractivity contribution in [2.75, 3.05) is 20.1 Å². The molecule has 0 amide bonds. The smallest absolute Gasteiger partial charge is 0.108 e. The molecule has 0 bridgehead atoms. The van der Waals surface area contributed by atoms with E-state index < -0.39 is 0 Å². The van der Waals surface area contributed by atoms with Crippen LogP contribution in [0, 0.1) is 23.7 Å². The molecule has 2 aliphatic heterocycles. The number of aryl methyl sites for hydroxylation is 1. The summed E-state index contributed by atoms with van der Waals surface area (Å²) >= 11 is 0. The predicted molar refractivity (Wildman–Crippen MR) is 93.9 cm³/mol. The van der Waals surface area contributed by atoms with Crippen molar-refractivity contribution in [1.29, 1.82) is 0 Å². The SMILES string of the molecule is CC(C)C1CCN(C)CC1.CC(C)C1CCn2ccnc2C1. The molecule has 22 heavy (non-hydrogen) atoms. The third kappa shape index (κ3) is 4.84. The van der Waals surface area contributed by atoms with E-state index in [0.29, 0.717) is 0 Å². The van der Waals surface area contributed by atoms with Crippen molar-refractivity contribution >= 4 is 0 Å². The van der Waals surface area contributed by atoms with Gasteiger partial charge in [0.1, 0.15) is 5.82 Å². The number of aromatic nitrogens is 2. The van der Waals surface area contributed by atoms with Crippen LogP contribution in [0.4, 0.5) is 0 Å². The Kier molecular flexibility index (Phi) is 6.49. The second-order valence-corrected chi connectivity index (χ2v) is 7.92. The van der Waals surface area contributed by atoms with E-state index in [2.05, 4.69) is 55.4 Å². The van der Waals surface area contributed by atoms with Crippen LogP contribution in [0.5, 0.6) is 0 Å². The highest BCUT2D eigenvalue weighted by molar-refractivity contribution is 4.97. The summed E-state index contributed by atoms with van der Waals surface area (Å²) in [7, 11) is 2.22. The van der Waals surface area contributed by atoms with E-state index in [1.165, 1.54) is 44.6 Å². The fraction of sp³-hybridized carbons (Fsp3) is 0.842. The van der Waals surface area contributed by atoms with Crippen LogP contribution in [-0.4, -0.2) is 34.6 Å². The molecule has 2 aliphatic rings. The van der Waals surface area contributed by atoms with Gasteiger partial charge in [0.25, 0.3) is 0 Å². The lowest BCUT2D eigenvalue weighted by Crippen LogP contribution is -2.32. The number of imidazole rings is 1. The third-order valence-electron chi connectivity index (χ3n) is 5.64. The number of hydrogen-bond acceptors (Lipinski definition) is 2. The maximum absolute atomic E-state index is 4.35. The Hall–Kier alpha value is -0.830. The van der Waals surface area contributed by atoms with Crippen LogP contribution >= 0.6 is 0 Å². The fourth-order valence-corrected chi connectivity index (χ4v) is 3.64. The molecule has 0 spiro atoms. The quantitative estimate of drug-likeness (QED) is 0.820. The minimum Gasteiger partial charge on any atom is -0.335 e. The van der Waals surface area contributed by atoms with Crippen LogP contribution in [0.15, 0.2) is 12.4 Å². The molecular formula is C19H35N3. The summed E-state index contributed by atoms with van der Waals surface area (Å²) in [5.74, 6) is 4.82. The first-order chi connectivity index (χ1) is 10.5. The minimum absolute atomic E-state index is 0.801. The lowest BCUT2D eigenvalue weighted by molar-refractivity contribution is 0.185. The Morgan fingerprint density at radius 1 is 0.955 bits per heavy atom. The highest BCUT2D eigenvalue weighted by Crippen LogP contribution is 2.25. The molecule has 0 N–H and O–H groups in total. The summed E-state index contributed by atoms with van der Waals surface area (Å²) in [6.45, 7) is 13.1. The summed E-state index contributed by atoms with van der Waals surface area (Å²) in [4.78, 5) is 6.78. The van der Waals surface area contributed by atoms with Crippen molar-refractivity contribution in [2.24, 2.45) is 23.7 Å². The van der Waals surface area contributed by atoms with Crippen molar-refractivity contribution in [2.45, 2.75) is 59.9 Å². The maximum Gasteiger partial charge on any atom is 0.108 e. The van der Waals surface area contributed by atoms with E-state index in [4.69, 9.17) is 0 Å². The van der Waals surface area contributed by atoms with Gasteiger partial charge >= 0.3 is 0 Å². The number of rotatable bonds is 2. The van der Waals surface area contributed by atoms with E-state index in [9.17, 15) is 0 Å². The van der Waals surface area contributed by atoms with E-state index >= 15 is 0 Å². The second kappa shape index (κ2) is 8.14. The largest absolute Gasteiger partial charge is 0.335 e. The second-order valence-electron chi connectivity index (χ2n) is 7.92. The normalized spacial score (nSPS) is 23.3.